The van der Waals surface area contributed by atoms with Crippen LogP contribution in [0.1, 0.15) is 65.7 Å². The Morgan fingerprint density at radius 1 is 1.17 bits per heavy atom. The zero-order valence-corrected chi connectivity index (χ0v) is 12.5. The van der Waals surface area contributed by atoms with Crippen molar-refractivity contribution in [2.45, 2.75) is 77.9 Å². The topological polar surface area (TPSA) is 21.3 Å². The van der Waals surface area contributed by atoms with Crippen molar-refractivity contribution in [3.05, 3.63) is 0 Å². The van der Waals surface area contributed by atoms with E-state index in [4.69, 9.17) is 4.74 Å². The summed E-state index contributed by atoms with van der Waals surface area (Å²) in [5.41, 5.74) is 0.474. The zero-order chi connectivity index (χ0) is 13.0. The highest BCUT2D eigenvalue weighted by atomic mass is 16.5. The Morgan fingerprint density at radius 3 is 2.39 bits per heavy atom. The quantitative estimate of drug-likeness (QED) is 0.805. The van der Waals surface area contributed by atoms with E-state index in [1.807, 2.05) is 0 Å². The molecule has 2 aliphatic carbocycles. The molecule has 2 saturated carbocycles. The smallest absolute Gasteiger partial charge is 0.0661 e. The molecule has 1 N–H and O–H groups in total. The first-order valence-corrected chi connectivity index (χ1v) is 8.04. The van der Waals surface area contributed by atoms with Crippen LogP contribution in [0.5, 0.6) is 0 Å². The Hall–Kier alpha value is -0.0800. The van der Waals surface area contributed by atoms with Crippen molar-refractivity contribution in [2.75, 3.05) is 13.2 Å². The third-order valence-electron chi connectivity index (χ3n) is 4.90. The van der Waals surface area contributed by atoms with Gasteiger partial charge < -0.3 is 10.1 Å². The van der Waals surface area contributed by atoms with E-state index in [0.29, 0.717) is 17.4 Å². The molecule has 1 spiro atoms. The molecule has 18 heavy (non-hydrogen) atoms. The summed E-state index contributed by atoms with van der Waals surface area (Å²) >= 11 is 0. The standard InChI is InChI=1S/C16H31NO/c1-4-17-14-11-15(18-12-13(2)3)16(14)9-7-5-6-8-10-16/h13-15,17H,4-12H2,1-3H3. The van der Waals surface area contributed by atoms with Crippen LogP contribution in [0.3, 0.4) is 0 Å². The molecule has 2 unspecified atom stereocenters. The Labute approximate surface area is 113 Å². The van der Waals surface area contributed by atoms with Crippen molar-refractivity contribution in [3.63, 3.8) is 0 Å². The van der Waals surface area contributed by atoms with Gasteiger partial charge in [0.2, 0.25) is 0 Å². The molecule has 0 aromatic carbocycles. The van der Waals surface area contributed by atoms with Crippen LogP contribution >= 0.6 is 0 Å². The third-order valence-corrected chi connectivity index (χ3v) is 4.90. The molecule has 0 saturated heterocycles. The highest BCUT2D eigenvalue weighted by molar-refractivity contribution is 5.08. The second-order valence-corrected chi connectivity index (χ2v) is 6.71. The largest absolute Gasteiger partial charge is 0.377 e. The molecule has 106 valence electrons. The van der Waals surface area contributed by atoms with Crippen LogP contribution < -0.4 is 5.32 Å². The summed E-state index contributed by atoms with van der Waals surface area (Å²) in [6.07, 6.45) is 10.2. The summed E-state index contributed by atoms with van der Waals surface area (Å²) in [6.45, 7) is 8.77. The lowest BCUT2D eigenvalue weighted by molar-refractivity contribution is -0.148. The maximum Gasteiger partial charge on any atom is 0.0661 e. The molecule has 0 bridgehead atoms. The fourth-order valence-electron chi connectivity index (χ4n) is 3.88. The van der Waals surface area contributed by atoms with Crippen molar-refractivity contribution in [3.8, 4) is 0 Å². The lowest BCUT2D eigenvalue weighted by atomic mass is 9.57. The van der Waals surface area contributed by atoms with Gasteiger partial charge in [-0.1, -0.05) is 46.5 Å². The van der Waals surface area contributed by atoms with E-state index in [1.165, 1.54) is 44.9 Å². The minimum atomic E-state index is 0.474. The summed E-state index contributed by atoms with van der Waals surface area (Å²) in [5.74, 6) is 0.658. The molecule has 2 rings (SSSR count). The maximum atomic E-state index is 6.22. The highest BCUT2D eigenvalue weighted by Gasteiger charge is 2.54. The van der Waals surface area contributed by atoms with Gasteiger partial charge in [-0.05, 0) is 31.7 Å². The van der Waals surface area contributed by atoms with Crippen LogP contribution in [0.25, 0.3) is 0 Å². The minimum absolute atomic E-state index is 0.474. The van der Waals surface area contributed by atoms with Crippen molar-refractivity contribution >= 4 is 0 Å². The van der Waals surface area contributed by atoms with Gasteiger partial charge >= 0.3 is 0 Å². The average molecular weight is 253 g/mol. The molecule has 0 aromatic rings. The summed E-state index contributed by atoms with van der Waals surface area (Å²) in [6, 6.07) is 0.720. The van der Waals surface area contributed by atoms with Crippen molar-refractivity contribution < 1.29 is 4.74 Å². The highest BCUT2D eigenvalue weighted by Crippen LogP contribution is 2.52. The zero-order valence-electron chi connectivity index (χ0n) is 12.5. The molecule has 2 aliphatic rings. The van der Waals surface area contributed by atoms with Gasteiger partial charge in [0.05, 0.1) is 6.10 Å². The lowest BCUT2D eigenvalue weighted by Crippen LogP contribution is -2.63. The number of hydrogen-bond donors (Lipinski definition) is 1. The molecule has 0 heterocycles. The first kappa shape index (κ1) is 14.3. The molecule has 0 aromatic heterocycles. The van der Waals surface area contributed by atoms with Crippen LogP contribution in [0, 0.1) is 11.3 Å². The van der Waals surface area contributed by atoms with E-state index in [1.54, 1.807) is 0 Å². The normalized spacial score (nSPS) is 31.3. The average Bonchev–Trinajstić information content (AvgIpc) is 2.60. The van der Waals surface area contributed by atoms with Crippen LogP contribution in [-0.4, -0.2) is 25.3 Å². The number of ether oxygens (including phenoxy) is 1. The van der Waals surface area contributed by atoms with Crippen molar-refractivity contribution in [1.29, 1.82) is 0 Å². The third kappa shape index (κ3) is 2.91. The molecule has 2 atom stereocenters. The number of nitrogens with one attached hydrogen (secondary N) is 1. The molecular weight excluding hydrogens is 222 g/mol. The van der Waals surface area contributed by atoms with Gasteiger partial charge in [0.1, 0.15) is 0 Å². The Bertz CT molecular complexity index is 243. The monoisotopic (exact) mass is 253 g/mol. The van der Waals surface area contributed by atoms with Gasteiger partial charge in [-0.15, -0.1) is 0 Å². The SMILES string of the molecule is CCNC1CC(OCC(C)C)C12CCCCCC2. The van der Waals surface area contributed by atoms with Gasteiger partial charge in [0.25, 0.3) is 0 Å². The molecule has 0 aliphatic heterocycles. The van der Waals surface area contributed by atoms with Crippen LogP contribution in [0.15, 0.2) is 0 Å². The lowest BCUT2D eigenvalue weighted by Gasteiger charge is -2.56. The van der Waals surface area contributed by atoms with Gasteiger partial charge in [-0.2, -0.15) is 0 Å². The second-order valence-electron chi connectivity index (χ2n) is 6.71. The van der Waals surface area contributed by atoms with E-state index in [2.05, 4.69) is 26.1 Å². The van der Waals surface area contributed by atoms with Gasteiger partial charge in [-0.3, -0.25) is 0 Å². The van der Waals surface area contributed by atoms with Crippen LogP contribution in [0.4, 0.5) is 0 Å². The Kier molecular flexibility index (Phi) is 5.08. The van der Waals surface area contributed by atoms with Crippen molar-refractivity contribution in [2.24, 2.45) is 11.3 Å². The minimum Gasteiger partial charge on any atom is -0.377 e. The van der Waals surface area contributed by atoms with E-state index in [-0.39, 0.29) is 0 Å². The fraction of sp³-hybridized carbons (Fsp3) is 1.00. The molecule has 2 heteroatoms. The Balaban J connectivity index is 1.97. The van der Waals surface area contributed by atoms with Gasteiger partial charge in [-0.25, -0.2) is 0 Å². The first-order chi connectivity index (χ1) is 8.69. The predicted octanol–water partition coefficient (Wildman–Crippen LogP) is 3.75. The summed E-state index contributed by atoms with van der Waals surface area (Å²) < 4.78 is 6.22. The van der Waals surface area contributed by atoms with Gasteiger partial charge in [0.15, 0.2) is 0 Å². The number of rotatable bonds is 5. The maximum absolute atomic E-state index is 6.22. The predicted molar refractivity (Wildman–Crippen MR) is 76.8 cm³/mol. The van der Waals surface area contributed by atoms with Crippen LogP contribution in [-0.2, 0) is 4.74 Å². The van der Waals surface area contributed by atoms with E-state index < -0.39 is 0 Å². The summed E-state index contributed by atoms with van der Waals surface area (Å²) in [5, 5.41) is 3.71. The second kappa shape index (κ2) is 6.38. The van der Waals surface area contributed by atoms with Crippen molar-refractivity contribution in [1.82, 2.24) is 5.32 Å². The number of hydrogen-bond acceptors (Lipinski definition) is 2. The molecule has 2 nitrogen and oxygen atoms in total. The molecule has 2 fully saturated rings. The first-order valence-electron chi connectivity index (χ1n) is 8.04. The Morgan fingerprint density at radius 2 is 1.83 bits per heavy atom. The van der Waals surface area contributed by atoms with Crippen LogP contribution in [0.2, 0.25) is 0 Å². The van der Waals surface area contributed by atoms with Gasteiger partial charge in [0, 0.05) is 18.1 Å². The molecular formula is C16H31NO. The summed E-state index contributed by atoms with van der Waals surface area (Å²) in [4.78, 5) is 0. The van der Waals surface area contributed by atoms with E-state index in [9.17, 15) is 0 Å². The van der Waals surface area contributed by atoms with E-state index in [0.717, 1.165) is 19.2 Å². The molecule has 0 radical (unpaired) electrons. The van der Waals surface area contributed by atoms with E-state index >= 15 is 0 Å². The fourth-order valence-corrected chi connectivity index (χ4v) is 3.88. The molecule has 0 amide bonds. The summed E-state index contributed by atoms with van der Waals surface area (Å²) in [7, 11) is 0.